The third-order valence-corrected chi connectivity index (χ3v) is 6.91. The lowest BCUT2D eigenvalue weighted by atomic mass is 10.1. The van der Waals surface area contributed by atoms with Gasteiger partial charge in [-0.15, -0.1) is 11.3 Å². The number of piperidine rings is 1. The van der Waals surface area contributed by atoms with Crippen molar-refractivity contribution in [1.82, 2.24) is 20.5 Å². The fourth-order valence-corrected chi connectivity index (χ4v) is 5.06. The third kappa shape index (κ3) is 6.51. The fourth-order valence-electron chi connectivity index (χ4n) is 3.37. The predicted octanol–water partition coefficient (Wildman–Crippen LogP) is 3.43. The number of hydrogen-bond donors (Lipinski definition) is 2. The lowest BCUT2D eigenvalue weighted by Gasteiger charge is -2.31. The molecule has 1 fully saturated rings. The summed E-state index contributed by atoms with van der Waals surface area (Å²) in [6, 6.07) is 2.06. The van der Waals surface area contributed by atoms with Crippen molar-refractivity contribution in [2.45, 2.75) is 45.6 Å². The molecule has 1 saturated heterocycles. The zero-order chi connectivity index (χ0) is 22.2. The fraction of sp³-hybridized carbons (Fsp3) is 0.524. The van der Waals surface area contributed by atoms with Crippen LogP contribution in [0.2, 0.25) is 0 Å². The van der Waals surface area contributed by atoms with Crippen LogP contribution in [0.5, 0.6) is 0 Å². The van der Waals surface area contributed by atoms with E-state index in [1.165, 1.54) is 11.3 Å². The Morgan fingerprint density at radius 1 is 1.29 bits per heavy atom. The number of aryl methyl sites for hydroxylation is 1. The van der Waals surface area contributed by atoms with Crippen molar-refractivity contribution in [3.05, 3.63) is 27.4 Å². The van der Waals surface area contributed by atoms with E-state index >= 15 is 0 Å². The molecule has 1 aliphatic heterocycles. The van der Waals surface area contributed by atoms with Crippen LogP contribution in [0.1, 0.15) is 48.0 Å². The number of ether oxygens (including phenoxy) is 1. The third-order valence-electron chi connectivity index (χ3n) is 5.02. The molecule has 2 aromatic rings. The van der Waals surface area contributed by atoms with Crippen molar-refractivity contribution >= 4 is 40.6 Å². The van der Waals surface area contributed by atoms with Gasteiger partial charge in [-0.3, -0.25) is 9.59 Å². The number of thiophene rings is 1. The minimum absolute atomic E-state index is 0.0300. The first-order valence-electron chi connectivity index (χ1n) is 10.5. The summed E-state index contributed by atoms with van der Waals surface area (Å²) in [5.74, 6) is -0.180. The number of thiazole rings is 1. The molecule has 168 valence electrons. The van der Waals surface area contributed by atoms with E-state index in [-0.39, 0.29) is 23.9 Å². The van der Waals surface area contributed by atoms with Crippen molar-refractivity contribution < 1.29 is 19.1 Å². The molecule has 8 nitrogen and oxygen atoms in total. The van der Waals surface area contributed by atoms with Crippen molar-refractivity contribution in [3.8, 4) is 10.6 Å². The second-order valence-electron chi connectivity index (χ2n) is 7.33. The molecule has 31 heavy (non-hydrogen) atoms. The summed E-state index contributed by atoms with van der Waals surface area (Å²) in [4.78, 5) is 43.2. The molecule has 3 amide bonds. The quantitative estimate of drug-likeness (QED) is 0.583. The van der Waals surface area contributed by atoms with Crippen LogP contribution in [0.4, 0.5) is 4.79 Å². The Bertz CT molecular complexity index is 889. The zero-order valence-corrected chi connectivity index (χ0v) is 19.4. The second-order valence-corrected chi connectivity index (χ2v) is 9.11. The van der Waals surface area contributed by atoms with Gasteiger partial charge in [0.05, 0.1) is 12.3 Å². The molecule has 3 heterocycles. The first-order valence-corrected chi connectivity index (χ1v) is 12.2. The molecule has 0 saturated carbocycles. The summed E-state index contributed by atoms with van der Waals surface area (Å²) in [5.41, 5.74) is 1.75. The Hall–Kier alpha value is -2.46. The number of carbonyl (C=O) groups is 3. The number of rotatable bonds is 8. The van der Waals surface area contributed by atoms with E-state index in [1.807, 2.05) is 23.8 Å². The minimum atomic E-state index is -0.290. The summed E-state index contributed by atoms with van der Waals surface area (Å²) in [6.45, 7) is 5.59. The molecule has 10 heteroatoms. The summed E-state index contributed by atoms with van der Waals surface area (Å²) < 4.78 is 5.00. The number of nitrogens with zero attached hydrogens (tertiary/aromatic N) is 2. The highest BCUT2D eigenvalue weighted by atomic mass is 32.1. The van der Waals surface area contributed by atoms with Crippen LogP contribution in [-0.4, -0.2) is 60.1 Å². The van der Waals surface area contributed by atoms with Crippen molar-refractivity contribution in [1.29, 1.82) is 0 Å². The van der Waals surface area contributed by atoms with Gasteiger partial charge in [0.15, 0.2) is 0 Å². The summed E-state index contributed by atoms with van der Waals surface area (Å²) in [6.07, 6.45) is 2.06. The lowest BCUT2D eigenvalue weighted by molar-refractivity contribution is -0.122. The maximum atomic E-state index is 12.5. The van der Waals surface area contributed by atoms with Gasteiger partial charge in [0.2, 0.25) is 5.91 Å². The normalized spacial score (nSPS) is 14.3. The number of amides is 3. The van der Waals surface area contributed by atoms with Gasteiger partial charge in [-0.1, -0.05) is 0 Å². The van der Waals surface area contributed by atoms with Crippen LogP contribution in [0.25, 0.3) is 10.6 Å². The Labute approximate surface area is 190 Å². The number of carbonyl (C=O) groups excluding carboxylic acids is 3. The molecule has 0 atom stereocenters. The van der Waals surface area contributed by atoms with Crippen molar-refractivity contribution in [2.24, 2.45) is 0 Å². The van der Waals surface area contributed by atoms with Gasteiger partial charge in [0.25, 0.3) is 5.91 Å². The van der Waals surface area contributed by atoms with E-state index in [0.717, 1.165) is 29.1 Å². The number of likely N-dealkylation sites (tertiary alicyclic amines) is 1. The zero-order valence-electron chi connectivity index (χ0n) is 17.8. The molecule has 2 aromatic heterocycles. The summed E-state index contributed by atoms with van der Waals surface area (Å²) >= 11 is 2.98. The highest BCUT2D eigenvalue weighted by Gasteiger charge is 2.24. The SMILES string of the molecule is CCOC(=O)N1CCC(NC(=O)CCCNC(=O)c2sc(-c3ccsc3)nc2C)CC1. The highest BCUT2D eigenvalue weighted by molar-refractivity contribution is 7.17. The van der Waals surface area contributed by atoms with Crippen LogP contribution in [0.3, 0.4) is 0 Å². The average Bonchev–Trinajstić information content (AvgIpc) is 3.41. The summed E-state index contributed by atoms with van der Waals surface area (Å²) in [7, 11) is 0. The Morgan fingerprint density at radius 3 is 2.74 bits per heavy atom. The van der Waals surface area contributed by atoms with Crippen LogP contribution in [0, 0.1) is 6.92 Å². The maximum absolute atomic E-state index is 12.5. The number of nitrogens with one attached hydrogen (secondary N) is 2. The molecule has 3 rings (SSSR count). The molecule has 0 aliphatic carbocycles. The van der Waals surface area contributed by atoms with Crippen molar-refractivity contribution in [3.63, 3.8) is 0 Å². The van der Waals surface area contributed by atoms with Crippen molar-refractivity contribution in [2.75, 3.05) is 26.2 Å². The maximum Gasteiger partial charge on any atom is 0.409 e. The Morgan fingerprint density at radius 2 is 2.06 bits per heavy atom. The van der Waals surface area contributed by atoms with E-state index in [2.05, 4.69) is 15.6 Å². The molecule has 0 radical (unpaired) electrons. The van der Waals surface area contributed by atoms with Crippen LogP contribution in [-0.2, 0) is 9.53 Å². The molecular weight excluding hydrogens is 436 g/mol. The molecule has 0 bridgehead atoms. The Kier molecular flexibility index (Phi) is 8.42. The van der Waals surface area contributed by atoms with E-state index in [1.54, 1.807) is 23.2 Å². The molecule has 0 unspecified atom stereocenters. The standard InChI is InChI=1S/C21H28N4O4S2/c1-3-29-21(28)25-10-6-16(7-11-25)24-17(26)5-4-9-22-19(27)18-14(2)23-20(31-18)15-8-12-30-13-15/h8,12-13,16H,3-7,9-11H2,1-2H3,(H,22,27)(H,24,26). The van der Waals surface area contributed by atoms with E-state index < -0.39 is 0 Å². The minimum Gasteiger partial charge on any atom is -0.450 e. The molecule has 0 aromatic carbocycles. The van der Waals surface area contributed by atoms with E-state index in [9.17, 15) is 14.4 Å². The van der Waals surface area contributed by atoms with Crippen LogP contribution >= 0.6 is 22.7 Å². The van der Waals surface area contributed by atoms with Gasteiger partial charge in [-0.05, 0) is 44.6 Å². The molecule has 1 aliphatic rings. The van der Waals surface area contributed by atoms with Gasteiger partial charge in [-0.25, -0.2) is 9.78 Å². The highest BCUT2D eigenvalue weighted by Crippen LogP contribution is 2.29. The summed E-state index contributed by atoms with van der Waals surface area (Å²) in [5, 5.41) is 10.7. The Balaban J connectivity index is 1.34. The lowest BCUT2D eigenvalue weighted by Crippen LogP contribution is -2.46. The molecule has 2 N–H and O–H groups in total. The molecule has 0 spiro atoms. The smallest absolute Gasteiger partial charge is 0.409 e. The largest absolute Gasteiger partial charge is 0.450 e. The molecular formula is C21H28N4O4S2. The van der Waals surface area contributed by atoms with Gasteiger partial charge < -0.3 is 20.3 Å². The van der Waals surface area contributed by atoms with Crippen LogP contribution in [0.15, 0.2) is 16.8 Å². The predicted molar refractivity (Wildman–Crippen MR) is 121 cm³/mol. The monoisotopic (exact) mass is 464 g/mol. The second kappa shape index (κ2) is 11.2. The van der Waals surface area contributed by atoms with Gasteiger partial charge in [-0.2, -0.15) is 11.3 Å². The number of aromatic nitrogens is 1. The first-order chi connectivity index (χ1) is 15.0. The van der Waals surface area contributed by atoms with E-state index in [0.29, 0.717) is 44.0 Å². The van der Waals surface area contributed by atoms with Gasteiger partial charge in [0.1, 0.15) is 9.88 Å². The topological polar surface area (TPSA) is 101 Å². The van der Waals surface area contributed by atoms with Gasteiger partial charge >= 0.3 is 6.09 Å². The number of hydrogen-bond acceptors (Lipinski definition) is 7. The van der Waals surface area contributed by atoms with E-state index in [4.69, 9.17) is 4.74 Å². The average molecular weight is 465 g/mol. The first kappa shape index (κ1) is 23.2. The van der Waals surface area contributed by atoms with Crippen LogP contribution < -0.4 is 10.6 Å². The van der Waals surface area contributed by atoms with Gasteiger partial charge in [0, 0.05) is 43.0 Å².